The molecular formula is C21H25N5O2. The van der Waals surface area contributed by atoms with Crippen LogP contribution in [0, 0.1) is 0 Å². The molecule has 3 heterocycles. The maximum Gasteiger partial charge on any atom is 0.261 e. The predicted molar refractivity (Wildman–Crippen MR) is 108 cm³/mol. The van der Waals surface area contributed by atoms with Crippen LogP contribution < -0.4 is 10.1 Å². The van der Waals surface area contributed by atoms with Crippen LogP contribution >= 0.6 is 0 Å². The zero-order chi connectivity index (χ0) is 19.3. The number of anilines is 1. The minimum atomic E-state index is -0.195. The number of benzene rings is 1. The van der Waals surface area contributed by atoms with E-state index in [2.05, 4.69) is 15.3 Å². The molecule has 1 N–H and O–H groups in total. The number of nitrogens with one attached hydrogen (secondary N) is 1. The molecule has 1 saturated heterocycles. The second-order valence-electron chi connectivity index (χ2n) is 6.97. The molecule has 1 aliphatic rings. The molecule has 7 heteroatoms. The van der Waals surface area contributed by atoms with Crippen LogP contribution in [0.15, 0.2) is 55.0 Å². The first kappa shape index (κ1) is 18.3. The van der Waals surface area contributed by atoms with Crippen molar-refractivity contribution in [1.82, 2.24) is 19.2 Å². The van der Waals surface area contributed by atoms with Crippen LogP contribution in [0.4, 0.5) is 5.69 Å². The molecule has 4 rings (SSSR count). The molecule has 0 unspecified atom stereocenters. The summed E-state index contributed by atoms with van der Waals surface area (Å²) in [5.41, 5.74) is 1.24. The minimum Gasteiger partial charge on any atom is -0.492 e. The number of amides is 1. The average molecular weight is 379 g/mol. The van der Waals surface area contributed by atoms with E-state index >= 15 is 0 Å². The fourth-order valence-electron chi connectivity index (χ4n) is 3.50. The van der Waals surface area contributed by atoms with Gasteiger partial charge in [0, 0.05) is 31.7 Å². The minimum absolute atomic E-state index is 0.195. The van der Waals surface area contributed by atoms with Crippen LogP contribution in [-0.4, -0.2) is 51.4 Å². The fraction of sp³-hybridized carbons (Fsp3) is 0.333. The van der Waals surface area contributed by atoms with Gasteiger partial charge in [-0.3, -0.25) is 14.4 Å². The first-order valence-electron chi connectivity index (χ1n) is 9.62. The zero-order valence-corrected chi connectivity index (χ0v) is 16.0. The van der Waals surface area contributed by atoms with E-state index in [1.807, 2.05) is 60.4 Å². The van der Waals surface area contributed by atoms with Gasteiger partial charge in [-0.1, -0.05) is 0 Å². The molecule has 1 fully saturated rings. The molecule has 28 heavy (non-hydrogen) atoms. The van der Waals surface area contributed by atoms with Crippen molar-refractivity contribution in [2.24, 2.45) is 7.05 Å². The number of carbonyl (C=O) groups excluding carboxylic acids is 1. The molecule has 0 spiro atoms. The molecule has 1 aliphatic heterocycles. The Bertz CT molecular complexity index is 909. The number of hydrogen-bond acceptors (Lipinski definition) is 4. The Kier molecular flexibility index (Phi) is 5.43. The third-order valence-electron chi connectivity index (χ3n) is 4.99. The molecule has 0 atom stereocenters. The van der Waals surface area contributed by atoms with E-state index in [0.717, 1.165) is 23.8 Å². The van der Waals surface area contributed by atoms with Crippen LogP contribution in [0.1, 0.15) is 23.2 Å². The third kappa shape index (κ3) is 4.09. The second kappa shape index (κ2) is 8.31. The normalized spacial score (nSPS) is 14.3. The number of likely N-dealkylation sites (tertiary alicyclic amines) is 1. The lowest BCUT2D eigenvalue weighted by atomic mass is 10.2. The first-order valence-corrected chi connectivity index (χ1v) is 9.62. The maximum atomic E-state index is 12.7. The van der Waals surface area contributed by atoms with Crippen LogP contribution in [0.2, 0.25) is 0 Å². The molecule has 2 aromatic heterocycles. The zero-order valence-electron chi connectivity index (χ0n) is 16.0. The van der Waals surface area contributed by atoms with Gasteiger partial charge < -0.3 is 14.6 Å². The Labute approximate surface area is 164 Å². The maximum absolute atomic E-state index is 12.7. The van der Waals surface area contributed by atoms with Gasteiger partial charge in [-0.2, -0.15) is 5.10 Å². The summed E-state index contributed by atoms with van der Waals surface area (Å²) in [7, 11) is 1.82. The van der Waals surface area contributed by atoms with Crippen molar-refractivity contribution in [3.8, 4) is 11.6 Å². The van der Waals surface area contributed by atoms with E-state index in [9.17, 15) is 4.79 Å². The van der Waals surface area contributed by atoms with Gasteiger partial charge in [0.05, 0.1) is 6.20 Å². The van der Waals surface area contributed by atoms with E-state index in [4.69, 9.17) is 4.74 Å². The van der Waals surface area contributed by atoms with E-state index in [1.165, 1.54) is 25.9 Å². The molecule has 146 valence electrons. The number of aromatic nitrogens is 3. The summed E-state index contributed by atoms with van der Waals surface area (Å²) in [6.07, 6.45) is 7.94. The topological polar surface area (TPSA) is 64.3 Å². The summed E-state index contributed by atoms with van der Waals surface area (Å²) in [5.74, 6) is 1.34. The van der Waals surface area contributed by atoms with Gasteiger partial charge in [-0.05, 0) is 62.3 Å². The third-order valence-corrected chi connectivity index (χ3v) is 4.99. The second-order valence-corrected chi connectivity index (χ2v) is 6.97. The van der Waals surface area contributed by atoms with Crippen molar-refractivity contribution in [2.75, 3.05) is 31.6 Å². The Morgan fingerprint density at radius 1 is 1.14 bits per heavy atom. The Balaban J connectivity index is 1.36. The highest BCUT2D eigenvalue weighted by molar-refractivity contribution is 6.06. The standard InChI is InChI=1S/C21H25N5O2/c1-24-21(26-12-4-5-13-26)19(16-22-24)20(27)23-17-6-8-18(9-7-17)28-15-14-25-10-2-3-11-25/h4-9,12-13,16H,2-3,10-11,14-15H2,1H3,(H,23,27). The van der Waals surface area contributed by atoms with Gasteiger partial charge in [-0.25, -0.2) is 0 Å². The van der Waals surface area contributed by atoms with E-state index in [0.29, 0.717) is 12.2 Å². The van der Waals surface area contributed by atoms with Crippen molar-refractivity contribution in [1.29, 1.82) is 0 Å². The summed E-state index contributed by atoms with van der Waals surface area (Å²) < 4.78 is 9.37. The van der Waals surface area contributed by atoms with Crippen molar-refractivity contribution >= 4 is 11.6 Å². The Morgan fingerprint density at radius 2 is 1.86 bits per heavy atom. The van der Waals surface area contributed by atoms with Crippen LogP contribution in [0.3, 0.4) is 0 Å². The molecule has 0 radical (unpaired) electrons. The highest BCUT2D eigenvalue weighted by atomic mass is 16.5. The smallest absolute Gasteiger partial charge is 0.261 e. The van der Waals surface area contributed by atoms with E-state index in [1.54, 1.807) is 10.9 Å². The lowest BCUT2D eigenvalue weighted by molar-refractivity contribution is 0.102. The largest absolute Gasteiger partial charge is 0.492 e. The number of carbonyl (C=O) groups is 1. The molecular weight excluding hydrogens is 354 g/mol. The number of ether oxygens (including phenoxy) is 1. The number of rotatable bonds is 7. The average Bonchev–Trinajstić information content (AvgIpc) is 3.44. The molecule has 0 bridgehead atoms. The molecule has 3 aromatic rings. The summed E-state index contributed by atoms with van der Waals surface area (Å²) in [6, 6.07) is 11.3. The summed E-state index contributed by atoms with van der Waals surface area (Å²) in [4.78, 5) is 15.2. The van der Waals surface area contributed by atoms with Crippen molar-refractivity contribution in [3.05, 3.63) is 60.6 Å². The monoisotopic (exact) mass is 379 g/mol. The van der Waals surface area contributed by atoms with Gasteiger partial charge in [-0.15, -0.1) is 0 Å². The predicted octanol–water partition coefficient (Wildman–Crippen LogP) is 2.94. The summed E-state index contributed by atoms with van der Waals surface area (Å²) in [6.45, 7) is 3.99. The van der Waals surface area contributed by atoms with Gasteiger partial charge in [0.2, 0.25) is 0 Å². The van der Waals surface area contributed by atoms with Gasteiger partial charge >= 0.3 is 0 Å². The molecule has 0 saturated carbocycles. The van der Waals surface area contributed by atoms with E-state index < -0.39 is 0 Å². The highest BCUT2D eigenvalue weighted by Gasteiger charge is 2.17. The van der Waals surface area contributed by atoms with Crippen molar-refractivity contribution in [2.45, 2.75) is 12.8 Å². The number of aryl methyl sites for hydroxylation is 1. The molecule has 1 aromatic carbocycles. The lowest BCUT2D eigenvalue weighted by Crippen LogP contribution is -2.25. The molecule has 7 nitrogen and oxygen atoms in total. The van der Waals surface area contributed by atoms with Crippen LogP contribution in [-0.2, 0) is 7.05 Å². The van der Waals surface area contributed by atoms with Crippen molar-refractivity contribution in [3.63, 3.8) is 0 Å². The van der Waals surface area contributed by atoms with Gasteiger partial charge in [0.25, 0.3) is 5.91 Å². The number of nitrogens with zero attached hydrogens (tertiary/aromatic N) is 4. The lowest BCUT2D eigenvalue weighted by Gasteiger charge is -2.15. The van der Waals surface area contributed by atoms with Crippen LogP contribution in [0.25, 0.3) is 5.82 Å². The Hall–Kier alpha value is -3.06. The fourth-order valence-corrected chi connectivity index (χ4v) is 3.50. The molecule has 1 amide bonds. The van der Waals surface area contributed by atoms with Crippen molar-refractivity contribution < 1.29 is 9.53 Å². The quantitative estimate of drug-likeness (QED) is 0.686. The Morgan fingerprint density at radius 3 is 2.57 bits per heavy atom. The summed E-state index contributed by atoms with van der Waals surface area (Å²) in [5, 5.41) is 7.16. The first-order chi connectivity index (χ1) is 13.7. The highest BCUT2D eigenvalue weighted by Crippen LogP contribution is 2.19. The van der Waals surface area contributed by atoms with Gasteiger partial charge in [0.15, 0.2) is 0 Å². The van der Waals surface area contributed by atoms with Crippen LogP contribution in [0.5, 0.6) is 5.75 Å². The number of hydrogen-bond donors (Lipinski definition) is 1. The SMILES string of the molecule is Cn1ncc(C(=O)Nc2ccc(OCCN3CCCC3)cc2)c1-n1cccc1. The summed E-state index contributed by atoms with van der Waals surface area (Å²) >= 11 is 0. The molecule has 0 aliphatic carbocycles. The van der Waals surface area contributed by atoms with Gasteiger partial charge in [0.1, 0.15) is 23.7 Å². The van der Waals surface area contributed by atoms with E-state index in [-0.39, 0.29) is 5.91 Å².